The Bertz CT molecular complexity index is 578. The van der Waals surface area contributed by atoms with Crippen LogP contribution >= 0.6 is 0 Å². The summed E-state index contributed by atoms with van der Waals surface area (Å²) in [5, 5.41) is 3.45. The van der Waals surface area contributed by atoms with Crippen LogP contribution in [0.5, 0.6) is 5.75 Å². The summed E-state index contributed by atoms with van der Waals surface area (Å²) in [6.07, 6.45) is 0. The lowest BCUT2D eigenvalue weighted by molar-refractivity contribution is -0.120. The van der Waals surface area contributed by atoms with Gasteiger partial charge in [0.1, 0.15) is 11.5 Å². The first-order valence-corrected chi connectivity index (χ1v) is 7.08. The van der Waals surface area contributed by atoms with Crippen molar-refractivity contribution in [2.75, 3.05) is 12.4 Å². The molecule has 0 aliphatic heterocycles. The first-order chi connectivity index (χ1) is 10.1. The van der Waals surface area contributed by atoms with Gasteiger partial charge in [-0.2, -0.15) is 0 Å². The minimum atomic E-state index is -0.102. The minimum absolute atomic E-state index is 0.0444. The highest BCUT2D eigenvalue weighted by Crippen LogP contribution is 2.28. The maximum absolute atomic E-state index is 11.8. The molecule has 0 fully saturated rings. The van der Waals surface area contributed by atoms with E-state index in [9.17, 15) is 4.79 Å². The van der Waals surface area contributed by atoms with Gasteiger partial charge in [-0.3, -0.25) is 4.79 Å². The second kappa shape index (κ2) is 6.93. The zero-order valence-electron chi connectivity index (χ0n) is 12.7. The van der Waals surface area contributed by atoms with Crippen molar-refractivity contribution in [3.05, 3.63) is 60.2 Å². The molecule has 21 heavy (non-hydrogen) atoms. The number of ether oxygens (including phenoxy) is 1. The lowest BCUT2D eigenvalue weighted by Crippen LogP contribution is -2.23. The lowest BCUT2D eigenvalue weighted by Gasteiger charge is -2.25. The van der Waals surface area contributed by atoms with Crippen LogP contribution in [0.15, 0.2) is 54.6 Å². The van der Waals surface area contributed by atoms with Gasteiger partial charge in [-0.25, -0.2) is 0 Å². The summed E-state index contributed by atoms with van der Waals surface area (Å²) in [6.45, 7) is 3.59. The van der Waals surface area contributed by atoms with Gasteiger partial charge in [-0.15, -0.1) is 0 Å². The minimum Gasteiger partial charge on any atom is -0.497 e. The molecular weight excluding hydrogens is 262 g/mol. The largest absolute Gasteiger partial charge is 0.497 e. The van der Waals surface area contributed by atoms with Gasteiger partial charge in [0.15, 0.2) is 0 Å². The quantitative estimate of drug-likeness (QED) is 0.868. The van der Waals surface area contributed by atoms with Crippen LogP contribution < -0.4 is 10.1 Å². The summed E-state index contributed by atoms with van der Waals surface area (Å²) >= 11 is 0. The van der Waals surface area contributed by atoms with Crippen molar-refractivity contribution in [2.45, 2.75) is 19.9 Å². The smallest absolute Gasteiger partial charge is 0.135 e. The average Bonchev–Trinajstić information content (AvgIpc) is 2.53. The average molecular weight is 283 g/mol. The van der Waals surface area contributed by atoms with E-state index in [2.05, 4.69) is 5.32 Å². The Balaban J connectivity index is 2.25. The predicted octanol–water partition coefficient (Wildman–Crippen LogP) is 4.07. The second-order valence-electron chi connectivity index (χ2n) is 5.16. The molecule has 2 aromatic rings. The Hall–Kier alpha value is -2.29. The molecule has 0 saturated carbocycles. The molecule has 0 aliphatic rings. The Labute approximate surface area is 126 Å². The molecule has 110 valence electrons. The Kier molecular flexibility index (Phi) is 4.99. The number of hydrogen-bond acceptors (Lipinski definition) is 3. The number of carbonyl (C=O) groups is 1. The lowest BCUT2D eigenvalue weighted by atomic mass is 9.91. The molecular formula is C18H21NO2. The van der Waals surface area contributed by atoms with Crippen LogP contribution in [0, 0.1) is 5.92 Å². The summed E-state index contributed by atoms with van der Waals surface area (Å²) in [7, 11) is 1.65. The van der Waals surface area contributed by atoms with E-state index in [0.717, 1.165) is 17.0 Å². The van der Waals surface area contributed by atoms with Crippen molar-refractivity contribution >= 4 is 11.5 Å². The molecule has 0 aromatic heterocycles. The summed E-state index contributed by atoms with van der Waals surface area (Å²) < 4.78 is 5.16. The van der Waals surface area contributed by atoms with E-state index in [1.807, 2.05) is 61.5 Å². The SMILES string of the molecule is COc1ccc(N[C@H](c2ccccc2)[C@H](C)C(C)=O)cc1. The van der Waals surface area contributed by atoms with E-state index in [1.165, 1.54) is 0 Å². The highest BCUT2D eigenvalue weighted by atomic mass is 16.5. The molecule has 0 heterocycles. The third-order valence-electron chi connectivity index (χ3n) is 3.71. The Morgan fingerprint density at radius 3 is 2.19 bits per heavy atom. The molecule has 0 amide bonds. The number of benzene rings is 2. The highest BCUT2D eigenvalue weighted by Gasteiger charge is 2.22. The molecule has 1 N–H and O–H groups in total. The fraction of sp³-hybridized carbons (Fsp3) is 0.278. The third kappa shape index (κ3) is 3.85. The van der Waals surface area contributed by atoms with Crippen molar-refractivity contribution in [1.29, 1.82) is 0 Å². The van der Waals surface area contributed by atoms with Gasteiger partial charge < -0.3 is 10.1 Å². The predicted molar refractivity (Wildman–Crippen MR) is 85.6 cm³/mol. The van der Waals surface area contributed by atoms with Gasteiger partial charge in [-0.05, 0) is 36.8 Å². The van der Waals surface area contributed by atoms with Crippen molar-refractivity contribution in [3.63, 3.8) is 0 Å². The van der Waals surface area contributed by atoms with Crippen molar-refractivity contribution in [3.8, 4) is 5.75 Å². The molecule has 0 radical (unpaired) electrons. The van der Waals surface area contributed by atoms with Gasteiger partial charge >= 0.3 is 0 Å². The third-order valence-corrected chi connectivity index (χ3v) is 3.71. The van der Waals surface area contributed by atoms with E-state index in [-0.39, 0.29) is 17.7 Å². The van der Waals surface area contributed by atoms with Crippen LogP contribution in [-0.4, -0.2) is 12.9 Å². The van der Waals surface area contributed by atoms with Crippen molar-refractivity contribution in [1.82, 2.24) is 0 Å². The van der Waals surface area contributed by atoms with Gasteiger partial charge in [0.25, 0.3) is 0 Å². The molecule has 2 rings (SSSR count). The van der Waals surface area contributed by atoms with E-state index in [4.69, 9.17) is 4.74 Å². The van der Waals surface area contributed by atoms with Crippen molar-refractivity contribution < 1.29 is 9.53 Å². The second-order valence-corrected chi connectivity index (χ2v) is 5.16. The number of ketones is 1. The molecule has 2 aromatic carbocycles. The number of methoxy groups -OCH3 is 1. The fourth-order valence-electron chi connectivity index (χ4n) is 2.26. The molecule has 0 saturated heterocycles. The van der Waals surface area contributed by atoms with Gasteiger partial charge in [0.2, 0.25) is 0 Å². The van der Waals surface area contributed by atoms with Crippen LogP contribution in [0.1, 0.15) is 25.5 Å². The topological polar surface area (TPSA) is 38.3 Å². The molecule has 0 unspecified atom stereocenters. The summed E-state index contributed by atoms with van der Waals surface area (Å²) in [4.78, 5) is 11.8. The standard InChI is InChI=1S/C18H21NO2/c1-13(14(2)20)18(15-7-5-4-6-8-15)19-16-9-11-17(21-3)12-10-16/h4-13,18-19H,1-3H3/t13-,18+/m1/s1. The molecule has 2 atom stereocenters. The first kappa shape index (κ1) is 15.1. The number of nitrogens with one attached hydrogen (secondary N) is 1. The number of Topliss-reactive ketones (excluding diaryl/α,β-unsaturated/α-hetero) is 1. The van der Waals surface area contributed by atoms with Crippen molar-refractivity contribution in [2.24, 2.45) is 5.92 Å². The zero-order valence-corrected chi connectivity index (χ0v) is 12.7. The normalized spacial score (nSPS) is 13.3. The first-order valence-electron chi connectivity index (χ1n) is 7.08. The highest BCUT2D eigenvalue weighted by molar-refractivity contribution is 5.79. The molecule has 0 aliphatic carbocycles. The van der Waals surface area contributed by atoms with E-state index in [1.54, 1.807) is 14.0 Å². The summed E-state index contributed by atoms with van der Waals surface area (Å²) in [6, 6.07) is 17.7. The molecule has 3 heteroatoms. The van der Waals surface area contributed by atoms with E-state index >= 15 is 0 Å². The van der Waals surface area contributed by atoms with Gasteiger partial charge in [0.05, 0.1) is 13.2 Å². The molecule has 0 bridgehead atoms. The number of carbonyl (C=O) groups excluding carboxylic acids is 1. The van der Waals surface area contributed by atoms with Gasteiger partial charge in [0, 0.05) is 11.6 Å². The zero-order chi connectivity index (χ0) is 15.2. The van der Waals surface area contributed by atoms with Crippen LogP contribution in [0.2, 0.25) is 0 Å². The summed E-state index contributed by atoms with van der Waals surface area (Å²) in [5.41, 5.74) is 2.08. The van der Waals surface area contributed by atoms with Crippen LogP contribution in [-0.2, 0) is 4.79 Å². The van der Waals surface area contributed by atoms with Crippen LogP contribution in [0.4, 0.5) is 5.69 Å². The fourth-order valence-corrected chi connectivity index (χ4v) is 2.26. The Morgan fingerprint density at radius 1 is 1.05 bits per heavy atom. The Morgan fingerprint density at radius 2 is 1.67 bits per heavy atom. The maximum atomic E-state index is 11.8. The molecule has 0 spiro atoms. The number of hydrogen-bond donors (Lipinski definition) is 1. The number of rotatable bonds is 6. The van der Waals surface area contributed by atoms with Crippen LogP contribution in [0.3, 0.4) is 0 Å². The molecule has 3 nitrogen and oxygen atoms in total. The maximum Gasteiger partial charge on any atom is 0.135 e. The van der Waals surface area contributed by atoms with E-state index < -0.39 is 0 Å². The number of anilines is 1. The summed E-state index contributed by atoms with van der Waals surface area (Å²) in [5.74, 6) is 0.885. The van der Waals surface area contributed by atoms with E-state index in [0.29, 0.717) is 0 Å². The monoisotopic (exact) mass is 283 g/mol. The van der Waals surface area contributed by atoms with Gasteiger partial charge in [-0.1, -0.05) is 37.3 Å². The van der Waals surface area contributed by atoms with Crippen LogP contribution in [0.25, 0.3) is 0 Å².